The molecule has 0 bridgehead atoms. The summed E-state index contributed by atoms with van der Waals surface area (Å²) in [4.78, 5) is 11.5. The summed E-state index contributed by atoms with van der Waals surface area (Å²) in [5.74, 6) is 0.675. The highest BCUT2D eigenvalue weighted by Crippen LogP contribution is 2.23. The first-order valence-electron chi connectivity index (χ1n) is 4.28. The number of hydrogen-bond acceptors (Lipinski definition) is 2. The molecule has 1 fully saturated rings. The molecule has 0 spiro atoms. The fourth-order valence-corrected chi connectivity index (χ4v) is 1.53. The van der Waals surface area contributed by atoms with Gasteiger partial charge in [0, 0.05) is 18.4 Å². The Labute approximate surface area is 67.9 Å². The lowest BCUT2D eigenvalue weighted by Gasteiger charge is -2.14. The quantitative estimate of drug-likeness (QED) is 0.607. The van der Waals surface area contributed by atoms with Gasteiger partial charge in [-0.1, -0.05) is 13.8 Å². The minimum absolute atomic E-state index is 0.143. The van der Waals surface area contributed by atoms with Crippen molar-refractivity contribution < 1.29 is 9.53 Å². The smallest absolute Gasteiger partial charge is 0.141 e. The average molecular weight is 156 g/mol. The summed E-state index contributed by atoms with van der Waals surface area (Å²) in [5, 5.41) is 0. The molecule has 0 N–H and O–H groups in total. The zero-order chi connectivity index (χ0) is 8.43. The largest absolute Gasteiger partial charge is 0.378 e. The maximum absolute atomic E-state index is 11.5. The predicted octanol–water partition coefficient (Wildman–Crippen LogP) is 1.64. The van der Waals surface area contributed by atoms with Crippen LogP contribution in [0.15, 0.2) is 0 Å². The van der Waals surface area contributed by atoms with Gasteiger partial charge in [-0.2, -0.15) is 0 Å². The number of rotatable bonds is 2. The van der Waals surface area contributed by atoms with Crippen molar-refractivity contribution in [1.29, 1.82) is 0 Å². The van der Waals surface area contributed by atoms with E-state index in [1.165, 1.54) is 0 Å². The van der Waals surface area contributed by atoms with E-state index in [0.717, 1.165) is 13.0 Å². The third kappa shape index (κ3) is 1.80. The van der Waals surface area contributed by atoms with Crippen LogP contribution in [0.3, 0.4) is 0 Å². The van der Waals surface area contributed by atoms with E-state index in [0.29, 0.717) is 5.78 Å². The van der Waals surface area contributed by atoms with Gasteiger partial charge in [-0.3, -0.25) is 4.79 Å². The molecule has 1 aliphatic heterocycles. The van der Waals surface area contributed by atoms with Crippen LogP contribution >= 0.6 is 0 Å². The van der Waals surface area contributed by atoms with Crippen molar-refractivity contribution in [3.8, 4) is 0 Å². The summed E-state index contributed by atoms with van der Waals surface area (Å²) in [6.45, 7) is 6.64. The molecule has 0 aromatic carbocycles. The van der Waals surface area contributed by atoms with E-state index >= 15 is 0 Å². The third-order valence-electron chi connectivity index (χ3n) is 2.31. The zero-order valence-corrected chi connectivity index (χ0v) is 7.46. The van der Waals surface area contributed by atoms with Crippen molar-refractivity contribution in [2.24, 2.45) is 11.8 Å². The highest BCUT2D eigenvalue weighted by Gasteiger charge is 2.31. The standard InChI is InChI=1S/C9H16O2/c1-6(2)9(10)8-4-5-11-7(8)3/h6-8H,4-5H2,1-3H3. The predicted molar refractivity (Wildman–Crippen MR) is 43.4 cm³/mol. The molecule has 0 aromatic rings. The average Bonchev–Trinajstić information content (AvgIpc) is 2.33. The molecular formula is C9H16O2. The summed E-state index contributed by atoms with van der Waals surface area (Å²) in [6, 6.07) is 0. The van der Waals surface area contributed by atoms with Crippen LogP contribution in [0.1, 0.15) is 27.2 Å². The van der Waals surface area contributed by atoms with E-state index in [1.807, 2.05) is 20.8 Å². The van der Waals surface area contributed by atoms with Gasteiger partial charge in [0.1, 0.15) is 5.78 Å². The van der Waals surface area contributed by atoms with E-state index in [1.54, 1.807) is 0 Å². The number of ketones is 1. The summed E-state index contributed by atoms with van der Waals surface area (Å²) < 4.78 is 5.32. The lowest BCUT2D eigenvalue weighted by Crippen LogP contribution is -2.25. The van der Waals surface area contributed by atoms with E-state index in [9.17, 15) is 4.79 Å². The number of hydrogen-bond donors (Lipinski definition) is 0. The zero-order valence-electron chi connectivity index (χ0n) is 7.46. The van der Waals surface area contributed by atoms with Crippen LogP contribution in [0.25, 0.3) is 0 Å². The Morgan fingerprint density at radius 1 is 1.55 bits per heavy atom. The fourth-order valence-electron chi connectivity index (χ4n) is 1.53. The molecule has 0 aromatic heterocycles. The molecule has 2 atom stereocenters. The molecule has 1 rings (SSSR count). The Morgan fingerprint density at radius 2 is 2.18 bits per heavy atom. The molecule has 2 unspecified atom stereocenters. The molecule has 1 saturated heterocycles. The minimum atomic E-state index is 0.143. The molecule has 0 aliphatic carbocycles. The van der Waals surface area contributed by atoms with Crippen molar-refractivity contribution in [3.05, 3.63) is 0 Å². The summed E-state index contributed by atoms with van der Waals surface area (Å²) >= 11 is 0. The molecule has 0 saturated carbocycles. The van der Waals surface area contributed by atoms with Crippen LogP contribution in [0.2, 0.25) is 0 Å². The topological polar surface area (TPSA) is 26.3 Å². The van der Waals surface area contributed by atoms with Gasteiger partial charge in [-0.15, -0.1) is 0 Å². The van der Waals surface area contributed by atoms with Crippen LogP contribution in [-0.4, -0.2) is 18.5 Å². The Balaban J connectivity index is 2.53. The number of ether oxygens (including phenoxy) is 1. The van der Waals surface area contributed by atoms with Crippen molar-refractivity contribution in [1.82, 2.24) is 0 Å². The van der Waals surface area contributed by atoms with E-state index < -0.39 is 0 Å². The second kappa shape index (κ2) is 3.35. The second-order valence-electron chi connectivity index (χ2n) is 3.53. The number of carbonyl (C=O) groups excluding carboxylic acids is 1. The molecule has 2 nitrogen and oxygen atoms in total. The van der Waals surface area contributed by atoms with Gasteiger partial charge >= 0.3 is 0 Å². The van der Waals surface area contributed by atoms with Gasteiger partial charge in [0.05, 0.1) is 6.10 Å². The van der Waals surface area contributed by atoms with E-state index in [4.69, 9.17) is 4.74 Å². The van der Waals surface area contributed by atoms with Gasteiger partial charge < -0.3 is 4.74 Å². The monoisotopic (exact) mass is 156 g/mol. The van der Waals surface area contributed by atoms with Gasteiger partial charge in [0.25, 0.3) is 0 Å². The van der Waals surface area contributed by atoms with Crippen molar-refractivity contribution in [2.45, 2.75) is 33.3 Å². The Morgan fingerprint density at radius 3 is 2.55 bits per heavy atom. The normalized spacial score (nSPS) is 31.3. The molecule has 1 aliphatic rings. The Kier molecular flexibility index (Phi) is 2.66. The maximum atomic E-state index is 11.5. The molecule has 0 radical (unpaired) electrons. The molecule has 64 valence electrons. The molecule has 2 heteroatoms. The lowest BCUT2D eigenvalue weighted by atomic mass is 9.90. The Bertz CT molecular complexity index is 152. The number of carbonyl (C=O) groups is 1. The van der Waals surface area contributed by atoms with Crippen molar-refractivity contribution >= 4 is 5.78 Å². The molecule has 11 heavy (non-hydrogen) atoms. The van der Waals surface area contributed by atoms with Crippen LogP contribution in [0.5, 0.6) is 0 Å². The van der Waals surface area contributed by atoms with Crippen LogP contribution < -0.4 is 0 Å². The van der Waals surface area contributed by atoms with E-state index in [2.05, 4.69) is 0 Å². The third-order valence-corrected chi connectivity index (χ3v) is 2.31. The van der Waals surface area contributed by atoms with E-state index in [-0.39, 0.29) is 17.9 Å². The lowest BCUT2D eigenvalue weighted by molar-refractivity contribution is -0.127. The molecule has 0 amide bonds. The van der Waals surface area contributed by atoms with Gasteiger partial charge in [0.2, 0.25) is 0 Å². The Hall–Kier alpha value is -0.370. The molecular weight excluding hydrogens is 140 g/mol. The summed E-state index contributed by atoms with van der Waals surface area (Å²) in [6.07, 6.45) is 1.06. The highest BCUT2D eigenvalue weighted by atomic mass is 16.5. The minimum Gasteiger partial charge on any atom is -0.378 e. The van der Waals surface area contributed by atoms with Gasteiger partial charge in [0.15, 0.2) is 0 Å². The molecule has 1 heterocycles. The number of Topliss-reactive ketones (excluding diaryl/α,β-unsaturated/α-hetero) is 1. The van der Waals surface area contributed by atoms with Crippen LogP contribution in [0.4, 0.5) is 0 Å². The van der Waals surface area contributed by atoms with Crippen molar-refractivity contribution in [2.75, 3.05) is 6.61 Å². The first-order chi connectivity index (χ1) is 5.13. The first-order valence-corrected chi connectivity index (χ1v) is 4.28. The fraction of sp³-hybridized carbons (Fsp3) is 0.889. The SMILES string of the molecule is CC(C)C(=O)C1CCOC1C. The first kappa shape index (κ1) is 8.72. The summed E-state index contributed by atoms with van der Waals surface area (Å²) in [7, 11) is 0. The van der Waals surface area contributed by atoms with Gasteiger partial charge in [-0.25, -0.2) is 0 Å². The second-order valence-corrected chi connectivity index (χ2v) is 3.53. The van der Waals surface area contributed by atoms with Gasteiger partial charge in [-0.05, 0) is 13.3 Å². The van der Waals surface area contributed by atoms with Crippen molar-refractivity contribution in [3.63, 3.8) is 0 Å². The van der Waals surface area contributed by atoms with Crippen LogP contribution in [-0.2, 0) is 9.53 Å². The van der Waals surface area contributed by atoms with Crippen LogP contribution in [0, 0.1) is 11.8 Å². The maximum Gasteiger partial charge on any atom is 0.141 e. The summed E-state index contributed by atoms with van der Waals surface area (Å²) in [5.41, 5.74) is 0. The highest BCUT2D eigenvalue weighted by molar-refractivity contribution is 5.83.